The Labute approximate surface area is 291 Å². The maximum atomic E-state index is 7.24. The highest BCUT2D eigenvalue weighted by molar-refractivity contribution is 5.95. The van der Waals surface area contributed by atoms with Gasteiger partial charge in [-0.3, -0.25) is 0 Å². The van der Waals surface area contributed by atoms with E-state index in [0.717, 1.165) is 67.2 Å². The fraction of sp³-hybridized carbons (Fsp3) is 0.0213. The summed E-state index contributed by atoms with van der Waals surface area (Å²) in [7, 11) is 0. The zero-order chi connectivity index (χ0) is 33.1. The Morgan fingerprint density at radius 2 is 0.840 bits per heavy atom. The summed E-state index contributed by atoms with van der Waals surface area (Å²) in [6.07, 6.45) is 0. The van der Waals surface area contributed by atoms with Crippen molar-refractivity contribution in [1.29, 1.82) is 0 Å². The van der Waals surface area contributed by atoms with Gasteiger partial charge < -0.3 is 4.74 Å². The van der Waals surface area contributed by atoms with E-state index in [1.165, 1.54) is 16.7 Å². The van der Waals surface area contributed by atoms with E-state index in [-0.39, 0.29) is 0 Å². The Hall–Kier alpha value is -6.58. The van der Waals surface area contributed by atoms with Crippen LogP contribution in [0.3, 0.4) is 0 Å². The van der Waals surface area contributed by atoms with Crippen LogP contribution in [0.4, 0.5) is 0 Å². The van der Waals surface area contributed by atoms with Crippen molar-refractivity contribution in [3.05, 3.63) is 199 Å². The number of aromatic nitrogens is 2. The summed E-state index contributed by atoms with van der Waals surface area (Å²) in [4.78, 5) is 10.6. The van der Waals surface area contributed by atoms with E-state index in [0.29, 0.717) is 5.82 Å². The molecule has 0 N–H and O–H groups in total. The molecule has 2 aliphatic rings. The monoisotopic (exact) mass is 638 g/mol. The predicted octanol–water partition coefficient (Wildman–Crippen LogP) is 11.5. The lowest BCUT2D eigenvalue weighted by Gasteiger charge is -2.39. The maximum absolute atomic E-state index is 7.24. The molecule has 1 aromatic heterocycles. The molecule has 7 aromatic carbocycles. The molecule has 0 amide bonds. The normalized spacial score (nSPS) is 15.0. The van der Waals surface area contributed by atoms with Gasteiger partial charge in [-0.25, -0.2) is 9.97 Å². The van der Waals surface area contributed by atoms with Gasteiger partial charge in [0.15, 0.2) is 11.4 Å². The summed E-state index contributed by atoms with van der Waals surface area (Å²) in [6.45, 7) is 0. The van der Waals surface area contributed by atoms with Crippen LogP contribution in [-0.2, 0) is 5.60 Å². The highest BCUT2D eigenvalue weighted by Crippen LogP contribution is 2.59. The molecule has 1 spiro atoms. The van der Waals surface area contributed by atoms with Crippen LogP contribution < -0.4 is 4.74 Å². The molecule has 1 aliphatic heterocycles. The van der Waals surface area contributed by atoms with Gasteiger partial charge in [0.25, 0.3) is 0 Å². The summed E-state index contributed by atoms with van der Waals surface area (Å²) in [5, 5.41) is 0. The molecule has 0 radical (unpaired) electrons. The summed E-state index contributed by atoms with van der Waals surface area (Å²) in [5.74, 6) is 1.56. The average Bonchev–Trinajstić information content (AvgIpc) is 3.48. The molecule has 0 bridgehead atoms. The van der Waals surface area contributed by atoms with E-state index in [4.69, 9.17) is 14.7 Å². The summed E-state index contributed by atoms with van der Waals surface area (Å²) in [5.41, 5.74) is 14.3. The Morgan fingerprint density at radius 3 is 1.56 bits per heavy atom. The molecular weight excluding hydrogens is 609 g/mol. The third-order valence-electron chi connectivity index (χ3n) is 10.1. The summed E-state index contributed by atoms with van der Waals surface area (Å²) in [6, 6.07) is 63.8. The Bertz CT molecular complexity index is 2560. The number of fused-ring (bicyclic) bond motifs is 9. The molecule has 2 heterocycles. The van der Waals surface area contributed by atoms with E-state index in [1.807, 2.05) is 12.1 Å². The highest BCUT2D eigenvalue weighted by Gasteiger charge is 2.51. The molecule has 0 fully saturated rings. The van der Waals surface area contributed by atoms with Crippen LogP contribution in [0.25, 0.3) is 67.3 Å². The summed E-state index contributed by atoms with van der Waals surface area (Å²) >= 11 is 0. The first-order chi connectivity index (χ1) is 24.8. The van der Waals surface area contributed by atoms with Crippen LogP contribution in [0.2, 0.25) is 0 Å². The van der Waals surface area contributed by atoms with Crippen molar-refractivity contribution in [2.75, 3.05) is 0 Å². The minimum Gasteiger partial charge on any atom is -0.472 e. The van der Waals surface area contributed by atoms with Gasteiger partial charge in [0.05, 0.1) is 11.4 Å². The molecule has 8 aromatic rings. The molecule has 1 aliphatic carbocycles. The lowest BCUT2D eigenvalue weighted by molar-refractivity contribution is 0.157. The zero-order valence-corrected chi connectivity index (χ0v) is 27.1. The van der Waals surface area contributed by atoms with Gasteiger partial charge in [-0.15, -0.1) is 0 Å². The van der Waals surface area contributed by atoms with Gasteiger partial charge >= 0.3 is 0 Å². The number of nitrogens with zero attached hydrogens (tertiary/aromatic N) is 2. The summed E-state index contributed by atoms with van der Waals surface area (Å²) < 4.78 is 7.24. The predicted molar refractivity (Wildman–Crippen MR) is 202 cm³/mol. The largest absolute Gasteiger partial charge is 0.472 e. The quantitative estimate of drug-likeness (QED) is 0.192. The minimum absolute atomic E-state index is 0.682. The second-order valence-electron chi connectivity index (χ2n) is 12.9. The van der Waals surface area contributed by atoms with Gasteiger partial charge in [0.1, 0.15) is 5.75 Å². The molecule has 1 atom stereocenters. The highest BCUT2D eigenvalue weighted by atomic mass is 16.5. The zero-order valence-electron chi connectivity index (χ0n) is 27.1. The maximum Gasteiger partial charge on any atom is 0.186 e. The Balaban J connectivity index is 1.20. The molecule has 3 heteroatoms. The van der Waals surface area contributed by atoms with Crippen LogP contribution in [-0.4, -0.2) is 9.97 Å². The van der Waals surface area contributed by atoms with E-state index in [1.54, 1.807) is 0 Å². The second-order valence-corrected chi connectivity index (χ2v) is 12.9. The molecular formula is C47H30N2O. The third-order valence-corrected chi connectivity index (χ3v) is 10.1. The topological polar surface area (TPSA) is 35.0 Å². The lowest BCUT2D eigenvalue weighted by Crippen LogP contribution is -2.36. The van der Waals surface area contributed by atoms with Crippen molar-refractivity contribution >= 4 is 0 Å². The molecule has 234 valence electrons. The van der Waals surface area contributed by atoms with Crippen LogP contribution in [0.1, 0.15) is 16.7 Å². The second kappa shape index (κ2) is 11.3. The smallest absolute Gasteiger partial charge is 0.186 e. The van der Waals surface area contributed by atoms with Crippen LogP contribution in [0.15, 0.2) is 182 Å². The van der Waals surface area contributed by atoms with Gasteiger partial charge in [-0.05, 0) is 34.4 Å². The fourth-order valence-electron chi connectivity index (χ4n) is 7.84. The van der Waals surface area contributed by atoms with Crippen molar-refractivity contribution in [2.24, 2.45) is 0 Å². The molecule has 0 saturated heterocycles. The van der Waals surface area contributed by atoms with Gasteiger partial charge in [-0.2, -0.15) is 0 Å². The third kappa shape index (κ3) is 4.30. The van der Waals surface area contributed by atoms with Gasteiger partial charge in [0, 0.05) is 44.5 Å². The number of rotatable bonds is 4. The van der Waals surface area contributed by atoms with E-state index in [9.17, 15) is 0 Å². The molecule has 0 saturated carbocycles. The first kappa shape index (κ1) is 28.4. The molecule has 10 rings (SSSR count). The van der Waals surface area contributed by atoms with Crippen molar-refractivity contribution in [1.82, 2.24) is 9.97 Å². The fourth-order valence-corrected chi connectivity index (χ4v) is 7.84. The number of hydrogen-bond acceptors (Lipinski definition) is 3. The van der Waals surface area contributed by atoms with Crippen molar-refractivity contribution in [3.63, 3.8) is 0 Å². The van der Waals surface area contributed by atoms with Crippen LogP contribution in [0, 0.1) is 0 Å². The van der Waals surface area contributed by atoms with E-state index in [2.05, 4.69) is 170 Å². The van der Waals surface area contributed by atoms with Gasteiger partial charge in [0.2, 0.25) is 0 Å². The Morgan fingerprint density at radius 1 is 0.360 bits per heavy atom. The Kier molecular flexibility index (Phi) is 6.40. The first-order valence-electron chi connectivity index (χ1n) is 17.0. The average molecular weight is 639 g/mol. The van der Waals surface area contributed by atoms with E-state index >= 15 is 0 Å². The van der Waals surface area contributed by atoms with Gasteiger partial charge in [-0.1, -0.05) is 170 Å². The van der Waals surface area contributed by atoms with Crippen LogP contribution >= 0.6 is 0 Å². The minimum atomic E-state index is -0.819. The SMILES string of the molecule is c1ccc(-c2ccc(-c3cc(-c4ccccc4)nc(-c4cccc5c4-c4ccccc4C54Oc5ccccc5-c5ccccc54)n3)cc2)cc1. The standard InChI is InChI=1S/C47H30N2O/c1-3-14-31(15-4-1)32-26-28-34(29-27-32)43-30-42(33-16-5-2-6-17-33)48-46(49-43)38-21-13-24-41-45(38)37-20-8-11-23-40(37)47(41)39-22-10-7-18-35(39)36-19-9-12-25-44(36)50-47/h1-30H. The molecule has 1 unspecified atom stereocenters. The number of hydrogen-bond donors (Lipinski definition) is 0. The number of ether oxygens (including phenoxy) is 1. The van der Waals surface area contributed by atoms with Crippen molar-refractivity contribution in [3.8, 4) is 73.0 Å². The molecule has 50 heavy (non-hydrogen) atoms. The first-order valence-corrected chi connectivity index (χ1v) is 17.0. The van der Waals surface area contributed by atoms with Crippen molar-refractivity contribution in [2.45, 2.75) is 5.60 Å². The number of para-hydroxylation sites is 1. The molecule has 3 nitrogen and oxygen atoms in total. The lowest BCUT2D eigenvalue weighted by atomic mass is 9.77. The van der Waals surface area contributed by atoms with Crippen LogP contribution in [0.5, 0.6) is 5.75 Å². The number of benzene rings is 7. The van der Waals surface area contributed by atoms with Crippen molar-refractivity contribution < 1.29 is 4.74 Å². The van der Waals surface area contributed by atoms with E-state index < -0.39 is 5.60 Å².